The van der Waals surface area contributed by atoms with Gasteiger partial charge >= 0.3 is 12.0 Å². The Balaban J connectivity index is 2.02. The summed E-state index contributed by atoms with van der Waals surface area (Å²) < 4.78 is 22.7. The molecule has 23 heavy (non-hydrogen) atoms. The number of carbonyl (C=O) groups is 1. The minimum absolute atomic E-state index is 0.0747. The third-order valence-electron chi connectivity index (χ3n) is 3.35. The maximum atomic E-state index is 11.1. The zero-order chi connectivity index (χ0) is 17.2. The minimum atomic E-state index is -3.77. The molecule has 1 aromatic rings. The van der Waals surface area contributed by atoms with Crippen LogP contribution in [0.25, 0.3) is 0 Å². The van der Waals surface area contributed by atoms with Crippen LogP contribution in [0.15, 0.2) is 24.5 Å². The van der Waals surface area contributed by atoms with E-state index in [4.69, 9.17) is 32.3 Å². The predicted molar refractivity (Wildman–Crippen MR) is 79.5 cm³/mol. The van der Waals surface area contributed by atoms with Gasteiger partial charge in [-0.15, -0.1) is 0 Å². The van der Waals surface area contributed by atoms with Gasteiger partial charge in [-0.3, -0.25) is 4.57 Å². The number of aliphatic hydroxyl groups excluding tert-OH is 2. The molecule has 0 radical (unpaired) electrons. The SMILES string of the molecule is O=C(O)c1ccc[n+](C[C@@H]2O[C@H](COP(=O)(Cl)Cl)[C@@H](O)[C@H]2O)c1. The fourth-order valence-corrected chi connectivity index (χ4v) is 2.90. The third-order valence-corrected chi connectivity index (χ3v) is 4.38. The van der Waals surface area contributed by atoms with Crippen molar-refractivity contribution in [1.29, 1.82) is 0 Å². The largest absolute Gasteiger partial charge is 0.477 e. The highest BCUT2D eigenvalue weighted by Gasteiger charge is 2.45. The molecule has 1 aliphatic heterocycles. The number of carboxylic acid groups (broad SMARTS) is 1. The summed E-state index contributed by atoms with van der Waals surface area (Å²) >= 11 is 10.5. The van der Waals surface area contributed by atoms with Gasteiger partial charge in [0.05, 0.1) is 6.61 Å². The summed E-state index contributed by atoms with van der Waals surface area (Å²) in [5.41, 5.74) is 0.0747. The van der Waals surface area contributed by atoms with Gasteiger partial charge in [0.15, 0.2) is 18.9 Å². The normalized spacial score (nSPS) is 28.0. The highest BCUT2D eigenvalue weighted by atomic mass is 35.9. The van der Waals surface area contributed by atoms with Gasteiger partial charge < -0.3 is 24.6 Å². The van der Waals surface area contributed by atoms with Crippen LogP contribution in [-0.4, -0.2) is 52.3 Å². The van der Waals surface area contributed by atoms with E-state index in [1.165, 1.54) is 16.8 Å². The van der Waals surface area contributed by atoms with Crippen molar-refractivity contribution in [3.63, 3.8) is 0 Å². The molecule has 11 heteroatoms. The van der Waals surface area contributed by atoms with Gasteiger partial charge in [0.25, 0.3) is 0 Å². The van der Waals surface area contributed by atoms with Crippen LogP contribution >= 0.6 is 28.6 Å². The Hall–Kier alpha value is -0.730. The van der Waals surface area contributed by atoms with Crippen LogP contribution in [-0.2, 0) is 20.4 Å². The van der Waals surface area contributed by atoms with Crippen LogP contribution in [0.4, 0.5) is 0 Å². The number of aromatic nitrogens is 1. The van der Waals surface area contributed by atoms with Crippen LogP contribution in [0.1, 0.15) is 10.4 Å². The summed E-state index contributed by atoms with van der Waals surface area (Å²) in [7, 11) is 0. The quantitative estimate of drug-likeness (QED) is 0.488. The van der Waals surface area contributed by atoms with Crippen LogP contribution in [0.3, 0.4) is 0 Å². The van der Waals surface area contributed by atoms with Gasteiger partial charge in [0.2, 0.25) is 0 Å². The number of aromatic carboxylic acids is 1. The van der Waals surface area contributed by atoms with Crippen molar-refractivity contribution in [2.24, 2.45) is 0 Å². The molecule has 0 spiro atoms. The lowest BCUT2D eigenvalue weighted by molar-refractivity contribution is -0.704. The van der Waals surface area contributed by atoms with Gasteiger partial charge in [0.1, 0.15) is 30.0 Å². The molecule has 1 fully saturated rings. The zero-order valence-electron chi connectivity index (χ0n) is 11.7. The van der Waals surface area contributed by atoms with Crippen molar-refractivity contribution in [2.75, 3.05) is 6.61 Å². The summed E-state index contributed by atoms with van der Waals surface area (Å²) in [6.07, 6.45) is -5.05. The molecular formula is C12H15Cl2NO7P+. The molecule has 2 rings (SSSR count). The highest BCUT2D eigenvalue weighted by Crippen LogP contribution is 2.57. The lowest BCUT2D eigenvalue weighted by atomic mass is 10.1. The van der Waals surface area contributed by atoms with E-state index in [0.717, 1.165) is 0 Å². The van der Waals surface area contributed by atoms with Crippen LogP contribution in [0.2, 0.25) is 0 Å². The Kier molecular flexibility index (Phi) is 6.02. The molecule has 0 unspecified atom stereocenters. The molecule has 2 heterocycles. The van der Waals surface area contributed by atoms with Crippen molar-refractivity contribution in [1.82, 2.24) is 0 Å². The first kappa shape index (κ1) is 18.6. The van der Waals surface area contributed by atoms with Crippen molar-refractivity contribution >= 4 is 34.5 Å². The van der Waals surface area contributed by atoms with Crippen LogP contribution in [0, 0.1) is 0 Å². The molecule has 0 aliphatic carbocycles. The predicted octanol–water partition coefficient (Wildman–Crippen LogP) is 0.764. The number of hydrogen-bond acceptors (Lipinski definition) is 6. The fourth-order valence-electron chi connectivity index (χ4n) is 2.24. The number of halogens is 2. The average molecular weight is 387 g/mol. The van der Waals surface area contributed by atoms with E-state index < -0.39 is 36.5 Å². The summed E-state index contributed by atoms with van der Waals surface area (Å²) in [5.74, 6) is -1.08. The van der Waals surface area contributed by atoms with Gasteiger partial charge in [-0.25, -0.2) is 9.36 Å². The maximum absolute atomic E-state index is 11.1. The van der Waals surface area contributed by atoms with E-state index in [-0.39, 0.29) is 18.7 Å². The van der Waals surface area contributed by atoms with Crippen LogP contribution < -0.4 is 4.57 Å². The molecule has 0 aromatic carbocycles. The Morgan fingerprint density at radius 3 is 2.61 bits per heavy atom. The van der Waals surface area contributed by atoms with Crippen molar-refractivity contribution in [3.8, 4) is 0 Å². The molecule has 3 N–H and O–H groups in total. The van der Waals surface area contributed by atoms with E-state index in [1.54, 1.807) is 12.3 Å². The molecular weight excluding hydrogens is 372 g/mol. The van der Waals surface area contributed by atoms with Gasteiger partial charge in [-0.1, -0.05) is 0 Å². The zero-order valence-corrected chi connectivity index (χ0v) is 14.1. The number of carboxylic acids is 1. The Bertz CT molecular complexity index is 625. The van der Waals surface area contributed by atoms with E-state index >= 15 is 0 Å². The number of rotatable bonds is 6. The molecule has 0 bridgehead atoms. The summed E-state index contributed by atoms with van der Waals surface area (Å²) in [6.45, 7) is -0.242. The molecule has 128 valence electrons. The van der Waals surface area contributed by atoms with Crippen molar-refractivity contribution < 1.29 is 38.5 Å². The van der Waals surface area contributed by atoms with E-state index in [2.05, 4.69) is 4.52 Å². The minimum Gasteiger partial charge on any atom is -0.477 e. The topological polar surface area (TPSA) is 117 Å². The molecule has 1 aromatic heterocycles. The lowest BCUT2D eigenvalue weighted by Crippen LogP contribution is -2.44. The van der Waals surface area contributed by atoms with Gasteiger partial charge in [0, 0.05) is 6.07 Å². The molecule has 1 aliphatic rings. The highest BCUT2D eigenvalue weighted by molar-refractivity contribution is 8.05. The Morgan fingerprint density at radius 2 is 2.00 bits per heavy atom. The van der Waals surface area contributed by atoms with Gasteiger partial charge in [-0.2, -0.15) is 0 Å². The third kappa shape index (κ3) is 5.12. The van der Waals surface area contributed by atoms with E-state index in [1.807, 2.05) is 0 Å². The number of hydrogen-bond donors (Lipinski definition) is 3. The Labute approximate surface area is 141 Å². The monoisotopic (exact) mass is 386 g/mol. The first-order chi connectivity index (χ1) is 10.7. The first-order valence-corrected chi connectivity index (χ1v) is 9.99. The molecule has 0 saturated carbocycles. The first-order valence-electron chi connectivity index (χ1n) is 6.55. The second kappa shape index (κ2) is 7.44. The second-order valence-corrected chi connectivity index (χ2v) is 9.28. The smallest absolute Gasteiger partial charge is 0.380 e. The van der Waals surface area contributed by atoms with Gasteiger partial charge in [-0.05, 0) is 28.5 Å². The number of pyridine rings is 1. The standard InChI is InChI=1S/C12H14Cl2NO7P/c13-23(14,20)21-6-9-11(17)10(16)8(22-9)5-15-3-1-2-7(4-15)12(18)19/h1-4,8-11,16-17H,5-6H2/p+1/t8-,9+,10-,11+/m0/s1. The molecule has 8 nitrogen and oxygen atoms in total. The Morgan fingerprint density at radius 1 is 1.35 bits per heavy atom. The average Bonchev–Trinajstić information content (AvgIpc) is 2.73. The molecule has 0 amide bonds. The summed E-state index contributed by atoms with van der Waals surface area (Å²) in [5, 5.41) is 28.9. The van der Waals surface area contributed by atoms with Crippen molar-refractivity contribution in [2.45, 2.75) is 31.0 Å². The van der Waals surface area contributed by atoms with Crippen molar-refractivity contribution in [3.05, 3.63) is 30.1 Å². The van der Waals surface area contributed by atoms with E-state index in [9.17, 15) is 19.6 Å². The molecule has 1 saturated heterocycles. The second-order valence-electron chi connectivity index (χ2n) is 5.00. The summed E-state index contributed by atoms with van der Waals surface area (Å²) in [6, 6.07) is 2.97. The number of ether oxygens (including phenoxy) is 1. The summed E-state index contributed by atoms with van der Waals surface area (Å²) in [4.78, 5) is 10.9. The maximum Gasteiger partial charge on any atom is 0.380 e. The van der Waals surface area contributed by atoms with E-state index in [0.29, 0.717) is 0 Å². The molecule has 4 atom stereocenters. The lowest BCUT2D eigenvalue weighted by Gasteiger charge is -2.14. The number of aliphatic hydroxyl groups is 2. The fraction of sp³-hybridized carbons (Fsp3) is 0.500. The number of nitrogens with zero attached hydrogens (tertiary/aromatic N) is 1. The van der Waals surface area contributed by atoms with Crippen LogP contribution in [0.5, 0.6) is 0 Å².